The number of nitrogens with zero attached hydrogens (tertiary/aromatic N) is 2. The maximum Gasteiger partial charge on any atom is 0.233 e. The molecule has 6 nitrogen and oxygen atoms in total. The van der Waals surface area contributed by atoms with Crippen LogP contribution in [0.3, 0.4) is 0 Å². The minimum Gasteiger partial charge on any atom is -0.356 e. The molecule has 1 aliphatic heterocycles. The van der Waals surface area contributed by atoms with Crippen molar-refractivity contribution < 1.29 is 9.59 Å². The van der Waals surface area contributed by atoms with Crippen LogP contribution in [0.25, 0.3) is 0 Å². The maximum absolute atomic E-state index is 12.7. The van der Waals surface area contributed by atoms with Gasteiger partial charge in [0.15, 0.2) is 5.96 Å². The molecule has 7 heteroatoms. The van der Waals surface area contributed by atoms with Gasteiger partial charge in [-0.3, -0.25) is 19.5 Å². The van der Waals surface area contributed by atoms with E-state index in [9.17, 15) is 9.59 Å². The largest absolute Gasteiger partial charge is 0.356 e. The minimum atomic E-state index is -0.0938. The van der Waals surface area contributed by atoms with Crippen molar-refractivity contribution in [3.63, 3.8) is 0 Å². The summed E-state index contributed by atoms with van der Waals surface area (Å²) in [7, 11) is 1.75. The molecule has 1 aromatic rings. The topological polar surface area (TPSA) is 73.8 Å². The van der Waals surface area contributed by atoms with E-state index < -0.39 is 0 Å². The Morgan fingerprint density at radius 3 is 2.43 bits per heavy atom. The fourth-order valence-corrected chi connectivity index (χ4v) is 5.62. The van der Waals surface area contributed by atoms with E-state index in [-0.39, 0.29) is 35.5 Å². The Balaban J connectivity index is 1.21. The number of thiophene rings is 1. The van der Waals surface area contributed by atoms with Crippen LogP contribution >= 0.6 is 11.3 Å². The minimum absolute atomic E-state index is 0.0405. The third kappa shape index (κ3) is 3.48. The number of nitrogens with one attached hydrogen (secondary N) is 2. The van der Waals surface area contributed by atoms with Crippen LogP contribution in [0.2, 0.25) is 0 Å². The summed E-state index contributed by atoms with van der Waals surface area (Å²) in [4.78, 5) is 33.8. The van der Waals surface area contributed by atoms with Crippen molar-refractivity contribution >= 4 is 29.1 Å². The second kappa shape index (κ2) is 8.07. The normalized spacial score (nSPS) is 28.4. The van der Waals surface area contributed by atoms with Crippen LogP contribution in [0.4, 0.5) is 0 Å². The van der Waals surface area contributed by atoms with Gasteiger partial charge >= 0.3 is 0 Å². The SMILES string of the molecule is CCc1ccc(CNC(=NC)NCCCN2C(=O)C3C4C=CC(C4)C3C2=O)s1. The van der Waals surface area contributed by atoms with Crippen LogP contribution in [0, 0.1) is 23.7 Å². The van der Waals surface area contributed by atoms with Crippen molar-refractivity contribution in [1.82, 2.24) is 15.5 Å². The van der Waals surface area contributed by atoms with Crippen LogP contribution in [0.5, 0.6) is 0 Å². The number of guanidine groups is 1. The molecule has 2 N–H and O–H groups in total. The van der Waals surface area contributed by atoms with E-state index in [1.807, 2.05) is 11.3 Å². The molecule has 0 spiro atoms. The monoisotopic (exact) mass is 400 g/mol. The van der Waals surface area contributed by atoms with E-state index in [4.69, 9.17) is 0 Å². The number of carbonyl (C=O) groups is 2. The smallest absolute Gasteiger partial charge is 0.233 e. The molecule has 2 amide bonds. The second-order valence-corrected chi connectivity index (χ2v) is 9.01. The number of fused-ring (bicyclic) bond motifs is 5. The van der Waals surface area contributed by atoms with Crippen LogP contribution in [-0.4, -0.2) is 42.8 Å². The lowest BCUT2D eigenvalue weighted by atomic mass is 9.85. The Morgan fingerprint density at radius 1 is 1.14 bits per heavy atom. The third-order valence-corrected chi connectivity index (χ3v) is 7.36. The van der Waals surface area contributed by atoms with Crippen molar-refractivity contribution in [1.29, 1.82) is 0 Å². The third-order valence-electron chi connectivity index (χ3n) is 6.13. The van der Waals surface area contributed by atoms with E-state index in [0.717, 1.165) is 31.8 Å². The van der Waals surface area contributed by atoms with E-state index in [2.05, 4.69) is 46.8 Å². The molecule has 4 unspecified atom stereocenters. The molecule has 2 aliphatic carbocycles. The summed E-state index contributed by atoms with van der Waals surface area (Å²) in [5, 5.41) is 6.59. The molecule has 4 atom stereocenters. The number of hydrogen-bond acceptors (Lipinski definition) is 4. The van der Waals surface area contributed by atoms with E-state index >= 15 is 0 Å². The molecule has 2 fully saturated rings. The molecule has 1 aromatic heterocycles. The fourth-order valence-electron chi connectivity index (χ4n) is 4.73. The van der Waals surface area contributed by atoms with Gasteiger partial charge in [-0.15, -0.1) is 11.3 Å². The lowest BCUT2D eigenvalue weighted by molar-refractivity contribution is -0.140. The zero-order valence-corrected chi connectivity index (χ0v) is 17.3. The van der Waals surface area contributed by atoms with Crippen molar-refractivity contribution in [2.24, 2.45) is 28.7 Å². The van der Waals surface area contributed by atoms with Crippen molar-refractivity contribution in [2.45, 2.75) is 32.7 Å². The van der Waals surface area contributed by atoms with Gasteiger partial charge in [-0.1, -0.05) is 19.1 Å². The van der Waals surface area contributed by atoms with Crippen LogP contribution < -0.4 is 10.6 Å². The number of imide groups is 1. The van der Waals surface area contributed by atoms with Gasteiger partial charge < -0.3 is 10.6 Å². The number of likely N-dealkylation sites (tertiary alicyclic amines) is 1. The first-order valence-corrected chi connectivity index (χ1v) is 11.0. The summed E-state index contributed by atoms with van der Waals surface area (Å²) in [6.07, 6.45) is 7.03. The van der Waals surface area contributed by atoms with E-state index in [0.29, 0.717) is 13.1 Å². The van der Waals surface area contributed by atoms with E-state index in [1.54, 1.807) is 7.05 Å². The average molecular weight is 401 g/mol. The highest BCUT2D eigenvalue weighted by Crippen LogP contribution is 2.52. The molecule has 28 heavy (non-hydrogen) atoms. The summed E-state index contributed by atoms with van der Waals surface area (Å²) in [6, 6.07) is 4.31. The van der Waals surface area contributed by atoms with E-state index in [1.165, 1.54) is 14.7 Å². The van der Waals surface area contributed by atoms with Gasteiger partial charge in [0.25, 0.3) is 0 Å². The Morgan fingerprint density at radius 2 is 1.82 bits per heavy atom. The molecule has 2 bridgehead atoms. The number of aliphatic imine (C=N–C) groups is 1. The first-order chi connectivity index (χ1) is 13.6. The number of aryl methyl sites for hydroxylation is 1. The van der Waals surface area contributed by atoms with Gasteiger partial charge in [0.05, 0.1) is 18.4 Å². The predicted molar refractivity (Wildman–Crippen MR) is 111 cm³/mol. The average Bonchev–Trinajstić information content (AvgIpc) is 3.47. The quantitative estimate of drug-likeness (QED) is 0.242. The van der Waals surface area contributed by atoms with Gasteiger partial charge in [-0.05, 0) is 43.2 Å². The number of allylic oxidation sites excluding steroid dienone is 2. The molecule has 2 heterocycles. The first-order valence-electron chi connectivity index (χ1n) is 10.2. The van der Waals surface area contributed by atoms with Gasteiger partial charge in [-0.2, -0.15) is 0 Å². The van der Waals surface area contributed by atoms with Gasteiger partial charge in [0, 0.05) is 29.9 Å². The zero-order valence-electron chi connectivity index (χ0n) is 16.5. The highest BCUT2D eigenvalue weighted by Gasteiger charge is 2.58. The number of hydrogen-bond donors (Lipinski definition) is 2. The number of carbonyl (C=O) groups excluding carboxylic acids is 2. The molecule has 0 aromatic carbocycles. The number of amides is 2. The lowest BCUT2D eigenvalue weighted by Gasteiger charge is -2.18. The van der Waals surface area contributed by atoms with Crippen LogP contribution in [-0.2, 0) is 22.6 Å². The fraction of sp³-hybridized carbons (Fsp3) is 0.571. The molecular weight excluding hydrogens is 372 g/mol. The summed E-state index contributed by atoms with van der Waals surface area (Å²) in [5.41, 5.74) is 0. The first kappa shape index (κ1) is 19.2. The summed E-state index contributed by atoms with van der Waals surface area (Å²) in [5.74, 6) is 1.20. The number of rotatable bonds is 7. The molecule has 0 radical (unpaired) electrons. The zero-order chi connectivity index (χ0) is 19.7. The van der Waals surface area contributed by atoms with Gasteiger partial charge in [-0.25, -0.2) is 0 Å². The Labute approximate surface area is 170 Å². The summed E-state index contributed by atoms with van der Waals surface area (Å²) >= 11 is 1.81. The van der Waals surface area contributed by atoms with Gasteiger partial charge in [0.1, 0.15) is 0 Å². The maximum atomic E-state index is 12.7. The highest BCUT2D eigenvalue weighted by molar-refractivity contribution is 7.11. The highest BCUT2D eigenvalue weighted by atomic mass is 32.1. The van der Waals surface area contributed by atoms with Crippen molar-refractivity contribution in [3.05, 3.63) is 34.0 Å². The van der Waals surface area contributed by atoms with Gasteiger partial charge in [0.2, 0.25) is 11.8 Å². The Kier molecular flexibility index (Phi) is 5.53. The Hall–Kier alpha value is -2.15. The molecule has 4 rings (SSSR count). The van der Waals surface area contributed by atoms with Crippen molar-refractivity contribution in [3.8, 4) is 0 Å². The molecular formula is C21H28N4O2S. The summed E-state index contributed by atoms with van der Waals surface area (Å²) < 4.78 is 0. The molecule has 3 aliphatic rings. The predicted octanol–water partition coefficient (Wildman–Crippen LogP) is 2.17. The molecule has 150 valence electrons. The second-order valence-electron chi connectivity index (χ2n) is 7.76. The molecule has 1 saturated heterocycles. The van der Waals surface area contributed by atoms with Crippen LogP contribution in [0.15, 0.2) is 29.3 Å². The lowest BCUT2D eigenvalue weighted by Crippen LogP contribution is -2.39. The standard InChI is InChI=1S/C21H28N4O2S/c1-3-15-7-8-16(28-15)12-24-21(22-2)23-9-4-10-25-19(26)17-13-5-6-14(11-13)18(17)20(25)27/h5-8,13-14,17-18H,3-4,9-12H2,1-2H3,(H2,22,23,24). The van der Waals surface area contributed by atoms with Crippen LogP contribution in [0.1, 0.15) is 29.5 Å². The van der Waals surface area contributed by atoms with Crippen molar-refractivity contribution in [2.75, 3.05) is 20.1 Å². The summed E-state index contributed by atoms with van der Waals surface area (Å²) in [6.45, 7) is 4.06. The Bertz CT molecular complexity index is 785. The molecule has 1 saturated carbocycles.